The van der Waals surface area contributed by atoms with E-state index in [0.29, 0.717) is 33.1 Å². The first-order valence-electron chi connectivity index (χ1n) is 9.27. The fourth-order valence-corrected chi connectivity index (χ4v) is 3.14. The van der Waals surface area contributed by atoms with Gasteiger partial charge in [0.05, 0.1) is 12.0 Å². The Morgan fingerprint density at radius 2 is 1.83 bits per heavy atom. The van der Waals surface area contributed by atoms with Crippen molar-refractivity contribution >= 4 is 28.5 Å². The molecule has 4 rings (SSSR count). The summed E-state index contributed by atoms with van der Waals surface area (Å²) in [7, 11) is 0. The van der Waals surface area contributed by atoms with E-state index in [1.54, 1.807) is 25.1 Å². The first-order chi connectivity index (χ1) is 14.6. The van der Waals surface area contributed by atoms with Gasteiger partial charge in [0.25, 0.3) is 0 Å². The number of hydrogen-bond donors (Lipinski definition) is 0. The van der Waals surface area contributed by atoms with E-state index in [2.05, 4.69) is 0 Å². The number of ether oxygens (including phenoxy) is 2. The van der Waals surface area contributed by atoms with Gasteiger partial charge >= 0.3 is 5.97 Å². The molecule has 0 N–H and O–H groups in total. The molecule has 0 unspecified atom stereocenters. The summed E-state index contributed by atoms with van der Waals surface area (Å²) in [6.07, 6.45) is 0. The summed E-state index contributed by atoms with van der Waals surface area (Å²) in [5.41, 5.74) is 0.737. The smallest absolute Gasteiger partial charge is 0.374 e. The maximum absolute atomic E-state index is 13.1. The third-order valence-corrected chi connectivity index (χ3v) is 4.58. The van der Waals surface area contributed by atoms with Crippen molar-refractivity contribution in [3.8, 4) is 17.1 Å². The van der Waals surface area contributed by atoms with Crippen molar-refractivity contribution in [2.45, 2.75) is 13.5 Å². The number of esters is 1. The largest absolute Gasteiger partial charge is 0.478 e. The molecule has 2 aromatic carbocycles. The van der Waals surface area contributed by atoms with Crippen LogP contribution in [0.3, 0.4) is 0 Å². The lowest BCUT2D eigenvalue weighted by molar-refractivity contribution is 0.0486. The molecule has 7 heteroatoms. The molecule has 0 bridgehead atoms. The number of benzene rings is 2. The Balaban J connectivity index is 1.73. The quantitative estimate of drug-likeness (QED) is 0.382. The van der Waals surface area contributed by atoms with Gasteiger partial charge in [0.2, 0.25) is 16.9 Å². The van der Waals surface area contributed by atoms with Crippen LogP contribution >= 0.6 is 11.6 Å². The monoisotopic (exact) mass is 424 g/mol. The fourth-order valence-electron chi connectivity index (χ4n) is 2.97. The van der Waals surface area contributed by atoms with Gasteiger partial charge in [0, 0.05) is 10.6 Å². The van der Waals surface area contributed by atoms with Crippen LogP contribution in [0, 0.1) is 0 Å². The molecule has 0 radical (unpaired) electrons. The molecule has 0 aliphatic carbocycles. The lowest BCUT2D eigenvalue weighted by atomic mass is 10.1. The maximum Gasteiger partial charge on any atom is 0.374 e. The highest BCUT2D eigenvalue weighted by atomic mass is 35.5. The van der Waals surface area contributed by atoms with E-state index in [9.17, 15) is 9.59 Å². The van der Waals surface area contributed by atoms with E-state index in [1.165, 1.54) is 12.1 Å². The first-order valence-corrected chi connectivity index (χ1v) is 9.65. The highest BCUT2D eigenvalue weighted by molar-refractivity contribution is 6.31. The zero-order valence-electron chi connectivity index (χ0n) is 16.0. The molecule has 2 heterocycles. The summed E-state index contributed by atoms with van der Waals surface area (Å²) in [5, 5.41) is 0.724. The molecule has 0 saturated heterocycles. The van der Waals surface area contributed by atoms with Gasteiger partial charge in [-0.05, 0) is 37.3 Å². The average Bonchev–Trinajstić information content (AvgIpc) is 3.23. The molecule has 30 heavy (non-hydrogen) atoms. The SMILES string of the molecule is CCOC(=O)c1ccc(COc2c(-c3ccccc3)oc3ccc(Cl)cc3c2=O)o1. The van der Waals surface area contributed by atoms with E-state index < -0.39 is 5.97 Å². The molecule has 0 fully saturated rings. The van der Waals surface area contributed by atoms with Gasteiger partial charge in [-0.1, -0.05) is 41.9 Å². The highest BCUT2D eigenvalue weighted by Gasteiger charge is 2.19. The molecule has 4 aromatic rings. The maximum atomic E-state index is 13.1. The molecule has 152 valence electrons. The van der Waals surface area contributed by atoms with Crippen LogP contribution in [0.4, 0.5) is 0 Å². The number of furan rings is 1. The van der Waals surface area contributed by atoms with Crippen LogP contribution in [0.15, 0.2) is 74.3 Å². The van der Waals surface area contributed by atoms with E-state index in [1.807, 2.05) is 30.3 Å². The normalized spacial score (nSPS) is 10.9. The first kappa shape index (κ1) is 19.8. The predicted octanol–water partition coefficient (Wildman–Crippen LogP) is 5.46. The van der Waals surface area contributed by atoms with Crippen LogP contribution in [0.5, 0.6) is 5.75 Å². The molecule has 2 aromatic heterocycles. The van der Waals surface area contributed by atoms with Gasteiger partial charge in [0.15, 0.2) is 5.76 Å². The highest BCUT2D eigenvalue weighted by Crippen LogP contribution is 2.32. The second-order valence-electron chi connectivity index (χ2n) is 6.37. The van der Waals surface area contributed by atoms with Gasteiger partial charge in [-0.25, -0.2) is 4.79 Å². The molecule has 0 aliphatic heterocycles. The Bertz CT molecular complexity index is 1260. The molecule has 0 atom stereocenters. The number of fused-ring (bicyclic) bond motifs is 1. The summed E-state index contributed by atoms with van der Waals surface area (Å²) in [6.45, 7) is 1.88. The summed E-state index contributed by atoms with van der Waals surface area (Å²) >= 11 is 6.05. The minimum absolute atomic E-state index is 0.0325. The molecule has 0 aliphatic rings. The van der Waals surface area contributed by atoms with Gasteiger partial charge in [0.1, 0.15) is 18.0 Å². The van der Waals surface area contributed by atoms with Crippen LogP contribution in [-0.4, -0.2) is 12.6 Å². The van der Waals surface area contributed by atoms with Crippen molar-refractivity contribution in [1.82, 2.24) is 0 Å². The summed E-state index contributed by atoms with van der Waals surface area (Å²) in [6, 6.07) is 17.1. The van der Waals surface area contributed by atoms with Crippen LogP contribution in [0.2, 0.25) is 5.02 Å². The standard InChI is InChI=1S/C23H17ClO6/c1-2-27-23(26)19-11-9-16(29-19)13-28-22-20(25)17-12-15(24)8-10-18(17)30-21(22)14-6-4-3-5-7-14/h3-12H,2,13H2,1H3. The molecule has 6 nitrogen and oxygen atoms in total. The van der Waals surface area contributed by atoms with Gasteiger partial charge < -0.3 is 18.3 Å². The Hall–Kier alpha value is -3.51. The van der Waals surface area contributed by atoms with Crippen molar-refractivity contribution < 1.29 is 23.1 Å². The van der Waals surface area contributed by atoms with Crippen LogP contribution in [0.1, 0.15) is 23.2 Å². The minimum Gasteiger partial charge on any atom is -0.478 e. The van der Waals surface area contributed by atoms with Crippen molar-refractivity contribution in [3.05, 3.63) is 87.4 Å². The summed E-state index contributed by atoms with van der Waals surface area (Å²) in [5.74, 6) is 0.199. The van der Waals surface area contributed by atoms with Crippen LogP contribution < -0.4 is 10.2 Å². The Kier molecular flexibility index (Phi) is 5.59. The molecule has 0 saturated carbocycles. The Morgan fingerprint density at radius 3 is 2.60 bits per heavy atom. The van der Waals surface area contributed by atoms with E-state index in [0.717, 1.165) is 0 Å². The van der Waals surface area contributed by atoms with Gasteiger partial charge in [-0.15, -0.1) is 0 Å². The Labute approximate surface area is 176 Å². The predicted molar refractivity (Wildman–Crippen MR) is 112 cm³/mol. The number of hydrogen-bond acceptors (Lipinski definition) is 6. The zero-order chi connectivity index (χ0) is 21.1. The molecular weight excluding hydrogens is 408 g/mol. The number of carbonyl (C=O) groups excluding carboxylic acids is 1. The number of rotatable bonds is 6. The summed E-state index contributed by atoms with van der Waals surface area (Å²) < 4.78 is 22.2. The third kappa shape index (κ3) is 3.95. The topological polar surface area (TPSA) is 78.9 Å². The lowest BCUT2D eigenvalue weighted by Crippen LogP contribution is -2.10. The van der Waals surface area contributed by atoms with Crippen molar-refractivity contribution in [2.75, 3.05) is 6.61 Å². The molecule has 0 amide bonds. The average molecular weight is 425 g/mol. The van der Waals surface area contributed by atoms with Crippen molar-refractivity contribution in [2.24, 2.45) is 0 Å². The fraction of sp³-hybridized carbons (Fsp3) is 0.130. The van der Waals surface area contributed by atoms with E-state index >= 15 is 0 Å². The second kappa shape index (κ2) is 8.47. The molecule has 0 spiro atoms. The van der Waals surface area contributed by atoms with Gasteiger partial charge in [-0.3, -0.25) is 4.79 Å². The Morgan fingerprint density at radius 1 is 1.03 bits per heavy atom. The lowest BCUT2D eigenvalue weighted by Gasteiger charge is -2.11. The van der Waals surface area contributed by atoms with E-state index in [4.69, 9.17) is 29.9 Å². The second-order valence-corrected chi connectivity index (χ2v) is 6.81. The van der Waals surface area contributed by atoms with Crippen LogP contribution in [0.25, 0.3) is 22.3 Å². The van der Waals surface area contributed by atoms with Crippen molar-refractivity contribution in [3.63, 3.8) is 0 Å². The molecular formula is C23H17ClO6. The minimum atomic E-state index is -0.561. The van der Waals surface area contributed by atoms with Gasteiger partial charge in [-0.2, -0.15) is 0 Å². The zero-order valence-corrected chi connectivity index (χ0v) is 16.8. The van der Waals surface area contributed by atoms with Crippen molar-refractivity contribution in [1.29, 1.82) is 0 Å². The number of carbonyl (C=O) groups is 1. The number of halogens is 1. The summed E-state index contributed by atoms with van der Waals surface area (Å²) in [4.78, 5) is 24.9. The third-order valence-electron chi connectivity index (χ3n) is 4.34. The van der Waals surface area contributed by atoms with Crippen LogP contribution in [-0.2, 0) is 11.3 Å². The van der Waals surface area contributed by atoms with E-state index in [-0.39, 0.29) is 30.2 Å².